The molecule has 5 rings (SSSR count). The lowest BCUT2D eigenvalue weighted by Gasteiger charge is -2.33. The largest absolute Gasteiger partial charge is 0.373 e. The van der Waals surface area contributed by atoms with E-state index in [0.29, 0.717) is 5.92 Å². The Labute approximate surface area is 173 Å². The lowest BCUT2D eigenvalue weighted by molar-refractivity contribution is 0.0267. The number of likely N-dealkylation sites (tertiary alicyclic amines) is 1. The minimum Gasteiger partial charge on any atom is -0.373 e. The van der Waals surface area contributed by atoms with Crippen LogP contribution in [0, 0.1) is 0 Å². The fraction of sp³-hybridized carbons (Fsp3) is 0.400. The van der Waals surface area contributed by atoms with Crippen LogP contribution in [0.2, 0.25) is 0 Å². The lowest BCUT2D eigenvalue weighted by Crippen LogP contribution is -2.34. The second-order valence-electron chi connectivity index (χ2n) is 8.22. The molecule has 3 heterocycles. The van der Waals surface area contributed by atoms with Crippen molar-refractivity contribution in [1.29, 1.82) is 0 Å². The summed E-state index contributed by atoms with van der Waals surface area (Å²) in [7, 11) is 0. The zero-order chi connectivity index (χ0) is 19.5. The van der Waals surface area contributed by atoms with Crippen molar-refractivity contribution in [3.8, 4) is 5.69 Å². The summed E-state index contributed by atoms with van der Waals surface area (Å²) < 4.78 is 8.25. The maximum atomic E-state index is 6.16. The number of fused-ring (bicyclic) bond motifs is 1. The van der Waals surface area contributed by atoms with Crippen LogP contribution >= 0.6 is 0 Å². The first-order chi connectivity index (χ1) is 14.4. The van der Waals surface area contributed by atoms with Gasteiger partial charge in [0.15, 0.2) is 0 Å². The standard InChI is InChI=1S/C25H29N3O/c1-3-7-20(8-4-1)21-11-15-27(16-12-21)17-13-25-23-19-26-28(24(23)14-18-29-25)22-9-5-2-6-10-22/h1-10,19,21,25H,11-18H2. The Kier molecular flexibility index (Phi) is 5.46. The number of aromatic nitrogens is 2. The SMILES string of the molecule is c1ccc(C2CCN(CCC3OCCc4c3cnn4-c3ccccc3)CC2)cc1. The van der Waals surface area contributed by atoms with Crippen LogP contribution in [-0.4, -0.2) is 40.9 Å². The van der Waals surface area contributed by atoms with Crippen LogP contribution < -0.4 is 0 Å². The molecule has 1 unspecified atom stereocenters. The van der Waals surface area contributed by atoms with E-state index in [2.05, 4.69) is 69.3 Å². The van der Waals surface area contributed by atoms with Crippen LogP contribution in [0.1, 0.15) is 48.1 Å². The quantitative estimate of drug-likeness (QED) is 0.633. The van der Waals surface area contributed by atoms with Crippen molar-refractivity contribution in [1.82, 2.24) is 14.7 Å². The van der Waals surface area contributed by atoms with Crippen LogP contribution in [0.5, 0.6) is 0 Å². The number of benzene rings is 2. The van der Waals surface area contributed by atoms with E-state index in [0.717, 1.165) is 31.7 Å². The van der Waals surface area contributed by atoms with Gasteiger partial charge in [0.25, 0.3) is 0 Å². The van der Waals surface area contributed by atoms with E-state index in [9.17, 15) is 0 Å². The Balaban J connectivity index is 1.20. The maximum absolute atomic E-state index is 6.16. The highest BCUT2D eigenvalue weighted by atomic mass is 16.5. The topological polar surface area (TPSA) is 30.3 Å². The van der Waals surface area contributed by atoms with Crippen molar-refractivity contribution < 1.29 is 4.74 Å². The van der Waals surface area contributed by atoms with Gasteiger partial charge in [-0.15, -0.1) is 0 Å². The highest BCUT2D eigenvalue weighted by Gasteiger charge is 2.27. The number of nitrogens with zero attached hydrogens (tertiary/aromatic N) is 3. The number of para-hydroxylation sites is 1. The Morgan fingerprint density at radius 3 is 2.41 bits per heavy atom. The maximum Gasteiger partial charge on any atom is 0.0870 e. The summed E-state index contributed by atoms with van der Waals surface area (Å²) in [4.78, 5) is 2.61. The van der Waals surface area contributed by atoms with Crippen molar-refractivity contribution in [3.63, 3.8) is 0 Å². The Bertz CT molecular complexity index is 914. The van der Waals surface area contributed by atoms with E-state index in [1.54, 1.807) is 0 Å². The highest BCUT2D eigenvalue weighted by Crippen LogP contribution is 2.32. The van der Waals surface area contributed by atoms with Gasteiger partial charge < -0.3 is 9.64 Å². The molecule has 1 aromatic heterocycles. The van der Waals surface area contributed by atoms with E-state index in [4.69, 9.17) is 4.74 Å². The van der Waals surface area contributed by atoms with E-state index in [1.165, 1.54) is 42.8 Å². The fourth-order valence-electron chi connectivity index (χ4n) is 4.84. The molecule has 0 saturated carbocycles. The van der Waals surface area contributed by atoms with Crippen molar-refractivity contribution in [2.45, 2.75) is 37.7 Å². The minimum absolute atomic E-state index is 0.169. The molecule has 0 bridgehead atoms. The van der Waals surface area contributed by atoms with Gasteiger partial charge >= 0.3 is 0 Å². The van der Waals surface area contributed by atoms with E-state index in [1.807, 2.05) is 12.3 Å². The molecule has 2 aliphatic rings. The van der Waals surface area contributed by atoms with Gasteiger partial charge in [0.2, 0.25) is 0 Å². The Morgan fingerprint density at radius 1 is 0.931 bits per heavy atom. The fourth-order valence-corrected chi connectivity index (χ4v) is 4.84. The molecule has 4 nitrogen and oxygen atoms in total. The van der Waals surface area contributed by atoms with Gasteiger partial charge in [-0.25, -0.2) is 4.68 Å². The molecular weight excluding hydrogens is 358 g/mol. The summed E-state index contributed by atoms with van der Waals surface area (Å²) in [6.07, 6.45) is 6.68. The van der Waals surface area contributed by atoms with Crippen molar-refractivity contribution in [2.24, 2.45) is 0 Å². The van der Waals surface area contributed by atoms with Crippen LogP contribution in [-0.2, 0) is 11.2 Å². The van der Waals surface area contributed by atoms with Gasteiger partial charge in [0.1, 0.15) is 0 Å². The van der Waals surface area contributed by atoms with Crippen LogP contribution in [0.15, 0.2) is 66.9 Å². The van der Waals surface area contributed by atoms with E-state index in [-0.39, 0.29) is 6.10 Å². The number of piperidine rings is 1. The summed E-state index contributed by atoms with van der Waals surface area (Å²) in [5.74, 6) is 0.717. The number of rotatable bonds is 5. The average molecular weight is 388 g/mol. The number of hydrogen-bond acceptors (Lipinski definition) is 3. The summed E-state index contributed by atoms with van der Waals surface area (Å²) >= 11 is 0. The van der Waals surface area contributed by atoms with E-state index < -0.39 is 0 Å². The van der Waals surface area contributed by atoms with Gasteiger partial charge in [0, 0.05) is 18.5 Å². The molecule has 0 spiro atoms. The Morgan fingerprint density at radius 2 is 1.66 bits per heavy atom. The first-order valence-corrected chi connectivity index (χ1v) is 10.9. The average Bonchev–Trinajstić information content (AvgIpc) is 3.24. The third-order valence-corrected chi connectivity index (χ3v) is 6.47. The van der Waals surface area contributed by atoms with Crippen molar-refractivity contribution >= 4 is 0 Å². The zero-order valence-electron chi connectivity index (χ0n) is 16.9. The molecule has 4 heteroatoms. The van der Waals surface area contributed by atoms with Crippen LogP contribution in [0.25, 0.3) is 5.69 Å². The third kappa shape index (κ3) is 4.00. The number of hydrogen-bond donors (Lipinski definition) is 0. The Hall–Kier alpha value is -2.43. The predicted molar refractivity (Wildman–Crippen MR) is 115 cm³/mol. The molecule has 0 radical (unpaired) electrons. The van der Waals surface area contributed by atoms with Gasteiger partial charge in [-0.05, 0) is 56.0 Å². The summed E-state index contributed by atoms with van der Waals surface area (Å²) in [5.41, 5.74) is 5.23. The summed E-state index contributed by atoms with van der Waals surface area (Å²) in [6, 6.07) is 21.4. The molecule has 0 amide bonds. The summed E-state index contributed by atoms with van der Waals surface area (Å²) in [5, 5.41) is 4.68. The monoisotopic (exact) mass is 387 g/mol. The molecule has 1 atom stereocenters. The van der Waals surface area contributed by atoms with Crippen molar-refractivity contribution in [3.05, 3.63) is 83.7 Å². The third-order valence-electron chi connectivity index (χ3n) is 6.47. The van der Waals surface area contributed by atoms with Gasteiger partial charge in [-0.1, -0.05) is 48.5 Å². The molecule has 150 valence electrons. The first-order valence-electron chi connectivity index (χ1n) is 10.9. The second-order valence-corrected chi connectivity index (χ2v) is 8.22. The van der Waals surface area contributed by atoms with Crippen LogP contribution in [0.3, 0.4) is 0 Å². The summed E-state index contributed by atoms with van der Waals surface area (Å²) in [6.45, 7) is 4.25. The molecule has 1 saturated heterocycles. The normalized spacial score (nSPS) is 20.5. The molecule has 1 fully saturated rings. The highest BCUT2D eigenvalue weighted by molar-refractivity contribution is 5.36. The lowest BCUT2D eigenvalue weighted by atomic mass is 9.89. The molecule has 2 aliphatic heterocycles. The second kappa shape index (κ2) is 8.52. The molecule has 29 heavy (non-hydrogen) atoms. The zero-order valence-corrected chi connectivity index (χ0v) is 16.9. The molecule has 3 aromatic rings. The molecule has 0 aliphatic carbocycles. The van der Waals surface area contributed by atoms with Gasteiger partial charge in [-0.3, -0.25) is 0 Å². The molecule has 0 N–H and O–H groups in total. The molecule has 2 aromatic carbocycles. The number of ether oxygens (including phenoxy) is 1. The first kappa shape index (κ1) is 18.6. The van der Waals surface area contributed by atoms with Crippen LogP contribution in [0.4, 0.5) is 0 Å². The predicted octanol–water partition coefficient (Wildman–Crippen LogP) is 4.76. The van der Waals surface area contributed by atoms with Crippen molar-refractivity contribution in [2.75, 3.05) is 26.2 Å². The van der Waals surface area contributed by atoms with Gasteiger partial charge in [0.05, 0.1) is 30.3 Å². The smallest absolute Gasteiger partial charge is 0.0870 e. The minimum atomic E-state index is 0.169. The van der Waals surface area contributed by atoms with Gasteiger partial charge in [-0.2, -0.15) is 5.10 Å². The van der Waals surface area contributed by atoms with E-state index >= 15 is 0 Å². The molecular formula is C25H29N3O.